The molecule has 0 atom stereocenters. The van der Waals surface area contributed by atoms with Crippen LogP contribution in [0.5, 0.6) is 0 Å². The molecule has 1 saturated heterocycles. The number of hydrogen-bond donors (Lipinski definition) is 1. The maximum absolute atomic E-state index is 12.9. The van der Waals surface area contributed by atoms with Gasteiger partial charge in [-0.25, -0.2) is 4.39 Å². The number of halogens is 2. The highest BCUT2D eigenvalue weighted by Gasteiger charge is 2.15. The molecule has 88 valence electrons. The Morgan fingerprint density at radius 3 is 3.06 bits per heavy atom. The van der Waals surface area contributed by atoms with Crippen molar-refractivity contribution in [3.63, 3.8) is 0 Å². The number of nitrogens with one attached hydrogen (secondary N) is 1. The lowest BCUT2D eigenvalue weighted by molar-refractivity contribution is -0.116. The Morgan fingerprint density at radius 2 is 2.35 bits per heavy atom. The zero-order valence-electron chi connectivity index (χ0n) is 8.48. The van der Waals surface area contributed by atoms with Gasteiger partial charge in [-0.3, -0.25) is 4.79 Å². The molecule has 1 N–H and O–H groups in total. The van der Waals surface area contributed by atoms with Crippen molar-refractivity contribution in [2.75, 3.05) is 5.75 Å². The standard InChI is InChI=1S/C10H7BrFN3OS/c11-8-2-1-7(12)3-6(8)4-13-15-10-14-9(16)5-17-10/h1-4H,5H2,(H,14,15,16). The number of thioether (sulfide) groups is 1. The lowest BCUT2D eigenvalue weighted by Gasteiger charge is -1.96. The highest BCUT2D eigenvalue weighted by Crippen LogP contribution is 2.16. The van der Waals surface area contributed by atoms with E-state index in [1.54, 1.807) is 6.07 Å². The molecule has 0 aromatic heterocycles. The molecular formula is C10H7BrFN3OS. The van der Waals surface area contributed by atoms with Gasteiger partial charge < -0.3 is 5.32 Å². The van der Waals surface area contributed by atoms with Crippen LogP contribution in [0.1, 0.15) is 5.56 Å². The molecule has 0 unspecified atom stereocenters. The normalized spacial score (nSPS) is 18.0. The highest BCUT2D eigenvalue weighted by molar-refractivity contribution is 9.10. The number of amidine groups is 1. The van der Waals surface area contributed by atoms with Gasteiger partial charge in [0.1, 0.15) is 5.82 Å². The van der Waals surface area contributed by atoms with E-state index in [4.69, 9.17) is 0 Å². The molecule has 1 heterocycles. The Kier molecular flexibility index (Phi) is 3.90. The first-order valence-electron chi connectivity index (χ1n) is 4.64. The molecule has 17 heavy (non-hydrogen) atoms. The monoisotopic (exact) mass is 315 g/mol. The number of nitrogens with zero attached hydrogens (tertiary/aromatic N) is 2. The van der Waals surface area contributed by atoms with E-state index in [0.717, 1.165) is 4.47 Å². The number of hydrogen-bond acceptors (Lipinski definition) is 4. The molecule has 1 aliphatic heterocycles. The van der Waals surface area contributed by atoms with Gasteiger partial charge >= 0.3 is 0 Å². The predicted molar refractivity (Wildman–Crippen MR) is 69.7 cm³/mol. The minimum Gasteiger partial charge on any atom is -0.303 e. The van der Waals surface area contributed by atoms with E-state index in [1.165, 1.54) is 30.1 Å². The number of benzene rings is 1. The number of carbonyl (C=O) groups is 1. The smallest absolute Gasteiger partial charge is 0.236 e. The summed E-state index contributed by atoms with van der Waals surface area (Å²) < 4.78 is 13.7. The largest absolute Gasteiger partial charge is 0.303 e. The van der Waals surface area contributed by atoms with Crippen molar-refractivity contribution in [2.45, 2.75) is 0 Å². The van der Waals surface area contributed by atoms with Crippen molar-refractivity contribution in [3.05, 3.63) is 34.1 Å². The maximum atomic E-state index is 12.9. The second kappa shape index (κ2) is 5.42. The van der Waals surface area contributed by atoms with Crippen LogP contribution in [0.3, 0.4) is 0 Å². The van der Waals surface area contributed by atoms with Crippen molar-refractivity contribution < 1.29 is 9.18 Å². The molecule has 4 nitrogen and oxygen atoms in total. The molecule has 1 fully saturated rings. The molecule has 0 bridgehead atoms. The molecule has 1 aromatic rings. The molecule has 1 aliphatic rings. The first-order valence-corrected chi connectivity index (χ1v) is 6.42. The molecule has 0 spiro atoms. The van der Waals surface area contributed by atoms with Crippen LogP contribution in [-0.2, 0) is 4.79 Å². The SMILES string of the molecule is O=C1CSC(=NN=Cc2cc(F)ccc2Br)N1. The topological polar surface area (TPSA) is 53.8 Å². The van der Waals surface area contributed by atoms with Crippen LogP contribution in [0.15, 0.2) is 32.9 Å². The average molecular weight is 316 g/mol. The molecule has 1 amide bonds. The fourth-order valence-corrected chi connectivity index (χ4v) is 2.12. The van der Waals surface area contributed by atoms with Crippen LogP contribution >= 0.6 is 27.7 Å². The van der Waals surface area contributed by atoms with E-state index >= 15 is 0 Å². The van der Waals surface area contributed by atoms with Crippen LogP contribution in [0.25, 0.3) is 0 Å². The summed E-state index contributed by atoms with van der Waals surface area (Å²) in [4.78, 5) is 10.9. The van der Waals surface area contributed by atoms with Gasteiger partial charge in [-0.2, -0.15) is 5.10 Å². The summed E-state index contributed by atoms with van der Waals surface area (Å²) in [6.07, 6.45) is 1.42. The van der Waals surface area contributed by atoms with Gasteiger partial charge in [0.05, 0.1) is 12.0 Å². The molecule has 1 aromatic carbocycles. The summed E-state index contributed by atoms with van der Waals surface area (Å²) in [6, 6.07) is 4.28. The van der Waals surface area contributed by atoms with Gasteiger partial charge in [0.2, 0.25) is 5.91 Å². The molecule has 2 rings (SSSR count). The van der Waals surface area contributed by atoms with E-state index in [-0.39, 0.29) is 11.7 Å². The summed E-state index contributed by atoms with van der Waals surface area (Å²) >= 11 is 4.56. The van der Waals surface area contributed by atoms with Gasteiger partial charge in [-0.05, 0) is 18.2 Å². The summed E-state index contributed by atoms with van der Waals surface area (Å²) in [6.45, 7) is 0. The minimum absolute atomic E-state index is 0.0871. The van der Waals surface area contributed by atoms with Crippen molar-refractivity contribution in [2.24, 2.45) is 10.2 Å². The first-order chi connectivity index (χ1) is 8.15. The molecule has 0 aliphatic carbocycles. The Bertz CT molecular complexity index is 518. The third-order valence-corrected chi connectivity index (χ3v) is 3.48. The van der Waals surface area contributed by atoms with E-state index in [0.29, 0.717) is 16.5 Å². The van der Waals surface area contributed by atoms with Crippen LogP contribution in [0.4, 0.5) is 4.39 Å². The Hall–Kier alpha value is -1.21. The lowest BCUT2D eigenvalue weighted by Crippen LogP contribution is -2.19. The van der Waals surface area contributed by atoms with Crippen LogP contribution < -0.4 is 5.32 Å². The second-order valence-electron chi connectivity index (χ2n) is 3.15. The third-order valence-electron chi connectivity index (χ3n) is 1.89. The predicted octanol–water partition coefficient (Wildman–Crippen LogP) is 2.14. The highest BCUT2D eigenvalue weighted by atomic mass is 79.9. The third kappa shape index (κ3) is 3.37. The summed E-state index contributed by atoms with van der Waals surface area (Å²) in [7, 11) is 0. The minimum atomic E-state index is -0.342. The summed E-state index contributed by atoms with van der Waals surface area (Å²) in [5.74, 6) is -0.0698. The quantitative estimate of drug-likeness (QED) is 0.671. The van der Waals surface area contributed by atoms with Crippen LogP contribution in [-0.4, -0.2) is 23.0 Å². The summed E-state index contributed by atoms with van der Waals surface area (Å²) in [5, 5.41) is 10.6. The zero-order chi connectivity index (χ0) is 12.3. The first kappa shape index (κ1) is 12.3. The van der Waals surface area contributed by atoms with Gasteiger partial charge in [-0.15, -0.1) is 5.10 Å². The second-order valence-corrected chi connectivity index (χ2v) is 4.97. The lowest BCUT2D eigenvalue weighted by atomic mass is 10.2. The van der Waals surface area contributed by atoms with E-state index in [1.807, 2.05) is 0 Å². The van der Waals surface area contributed by atoms with Crippen molar-refractivity contribution in [3.8, 4) is 0 Å². The van der Waals surface area contributed by atoms with Crippen molar-refractivity contribution in [1.29, 1.82) is 0 Å². The zero-order valence-corrected chi connectivity index (χ0v) is 10.9. The Labute approximate surface area is 110 Å². The van der Waals surface area contributed by atoms with Crippen LogP contribution in [0, 0.1) is 5.82 Å². The van der Waals surface area contributed by atoms with E-state index < -0.39 is 0 Å². The van der Waals surface area contributed by atoms with Crippen LogP contribution in [0.2, 0.25) is 0 Å². The van der Waals surface area contributed by atoms with E-state index in [2.05, 4.69) is 31.4 Å². The van der Waals surface area contributed by atoms with Gasteiger partial charge in [0.25, 0.3) is 0 Å². The maximum Gasteiger partial charge on any atom is 0.236 e. The van der Waals surface area contributed by atoms with E-state index in [9.17, 15) is 9.18 Å². The number of carbonyl (C=O) groups excluding carboxylic acids is 1. The Balaban J connectivity index is 2.10. The van der Waals surface area contributed by atoms with Gasteiger partial charge in [0.15, 0.2) is 5.17 Å². The van der Waals surface area contributed by atoms with Crippen molar-refractivity contribution >= 4 is 45.0 Å². The fourth-order valence-electron chi connectivity index (χ4n) is 1.14. The molecule has 7 heteroatoms. The van der Waals surface area contributed by atoms with Gasteiger partial charge in [0, 0.05) is 10.0 Å². The average Bonchev–Trinajstić information content (AvgIpc) is 2.69. The summed E-state index contributed by atoms with van der Waals surface area (Å²) in [5.41, 5.74) is 0.587. The molecule has 0 radical (unpaired) electrons. The number of amides is 1. The molecule has 0 saturated carbocycles. The fraction of sp³-hybridized carbons (Fsp3) is 0.100. The molecular weight excluding hydrogens is 309 g/mol. The number of rotatable bonds is 2. The Morgan fingerprint density at radius 1 is 1.53 bits per heavy atom. The van der Waals surface area contributed by atoms with Gasteiger partial charge in [-0.1, -0.05) is 27.7 Å². The van der Waals surface area contributed by atoms with Crippen molar-refractivity contribution in [1.82, 2.24) is 5.32 Å².